The molecule has 2 N–H and O–H groups in total. The number of aliphatic imine (C=N–C) groups is 1. The SMILES string of the molecule is CC1=C2SC(NC(=O)C(=O)O)=NC2c2ccccc21. The molecule has 1 aromatic carbocycles. The number of carboxylic acids is 1. The van der Waals surface area contributed by atoms with Crippen LogP contribution in [0.3, 0.4) is 0 Å². The number of hydrogen-bond acceptors (Lipinski definition) is 4. The van der Waals surface area contributed by atoms with Gasteiger partial charge < -0.3 is 5.11 Å². The first-order valence-electron chi connectivity index (χ1n) is 5.68. The summed E-state index contributed by atoms with van der Waals surface area (Å²) in [5, 5.41) is 11.2. The largest absolute Gasteiger partial charge is 0.474 e. The normalized spacial score (nSPS) is 19.8. The molecule has 0 fully saturated rings. The fourth-order valence-corrected chi connectivity index (χ4v) is 3.34. The van der Waals surface area contributed by atoms with Gasteiger partial charge in [0.05, 0.1) is 0 Å². The van der Waals surface area contributed by atoms with Crippen LogP contribution in [0.1, 0.15) is 24.1 Å². The third-order valence-corrected chi connectivity index (χ3v) is 4.30. The molecule has 1 aliphatic carbocycles. The van der Waals surface area contributed by atoms with Crippen molar-refractivity contribution >= 4 is 34.4 Å². The summed E-state index contributed by atoms with van der Waals surface area (Å²) in [6.45, 7) is 2.01. The van der Waals surface area contributed by atoms with Crippen molar-refractivity contribution in [1.29, 1.82) is 0 Å². The maximum absolute atomic E-state index is 11.1. The number of carbonyl (C=O) groups excluding carboxylic acids is 1. The number of benzene rings is 1. The summed E-state index contributed by atoms with van der Waals surface area (Å²) in [5.74, 6) is -2.57. The number of thioether (sulfide) groups is 1. The zero-order valence-electron chi connectivity index (χ0n) is 10.0. The third-order valence-electron chi connectivity index (χ3n) is 3.15. The molecule has 1 unspecified atom stereocenters. The van der Waals surface area contributed by atoms with E-state index >= 15 is 0 Å². The van der Waals surface area contributed by atoms with Gasteiger partial charge in [-0.05, 0) is 23.6 Å². The first-order valence-corrected chi connectivity index (χ1v) is 6.49. The fraction of sp³-hybridized carbons (Fsp3) is 0.154. The Morgan fingerprint density at radius 1 is 1.37 bits per heavy atom. The summed E-state index contributed by atoms with van der Waals surface area (Å²) >= 11 is 1.33. The van der Waals surface area contributed by atoms with Gasteiger partial charge >= 0.3 is 11.9 Å². The zero-order chi connectivity index (χ0) is 13.6. The van der Waals surface area contributed by atoms with Crippen LogP contribution in [0.15, 0.2) is 34.2 Å². The van der Waals surface area contributed by atoms with Crippen molar-refractivity contribution in [2.75, 3.05) is 0 Å². The van der Waals surface area contributed by atoms with Gasteiger partial charge in [-0.2, -0.15) is 0 Å². The molecule has 19 heavy (non-hydrogen) atoms. The van der Waals surface area contributed by atoms with Gasteiger partial charge in [-0.25, -0.2) is 9.79 Å². The molecule has 2 aliphatic rings. The average Bonchev–Trinajstić information content (AvgIpc) is 2.90. The van der Waals surface area contributed by atoms with E-state index in [1.807, 2.05) is 31.2 Å². The van der Waals surface area contributed by atoms with E-state index in [-0.39, 0.29) is 6.04 Å². The second kappa shape index (κ2) is 4.24. The minimum absolute atomic E-state index is 0.106. The van der Waals surface area contributed by atoms with Crippen molar-refractivity contribution in [3.63, 3.8) is 0 Å². The number of nitrogens with one attached hydrogen (secondary N) is 1. The Labute approximate surface area is 113 Å². The predicted octanol–water partition coefficient (Wildman–Crippen LogP) is 1.78. The van der Waals surface area contributed by atoms with Gasteiger partial charge in [0, 0.05) is 4.91 Å². The Bertz CT molecular complexity index is 664. The van der Waals surface area contributed by atoms with Crippen molar-refractivity contribution in [2.24, 2.45) is 4.99 Å². The standard InChI is InChI=1S/C13H10N2O3S/c1-6-7-4-2-3-5-8(7)9-10(6)19-13(14-9)15-11(16)12(17)18/h2-5,9H,1H3,(H,17,18)(H,14,15,16). The van der Waals surface area contributed by atoms with Gasteiger partial charge in [0.2, 0.25) is 0 Å². The van der Waals surface area contributed by atoms with Gasteiger partial charge in [-0.15, -0.1) is 0 Å². The molecule has 1 atom stereocenters. The predicted molar refractivity (Wildman–Crippen MR) is 72.6 cm³/mol. The van der Waals surface area contributed by atoms with E-state index < -0.39 is 11.9 Å². The van der Waals surface area contributed by atoms with Crippen LogP contribution in [0.2, 0.25) is 0 Å². The van der Waals surface area contributed by atoms with Gasteiger partial charge in [-0.1, -0.05) is 36.0 Å². The summed E-state index contributed by atoms with van der Waals surface area (Å²) < 4.78 is 0. The maximum Gasteiger partial charge on any atom is 0.394 e. The molecular weight excluding hydrogens is 264 g/mol. The van der Waals surface area contributed by atoms with Crippen molar-refractivity contribution in [3.8, 4) is 0 Å². The lowest BCUT2D eigenvalue weighted by Gasteiger charge is -2.04. The van der Waals surface area contributed by atoms with E-state index in [0.29, 0.717) is 5.17 Å². The summed E-state index contributed by atoms with van der Waals surface area (Å²) in [6, 6.07) is 7.86. The molecule has 0 aromatic heterocycles. The van der Waals surface area contributed by atoms with Crippen molar-refractivity contribution in [1.82, 2.24) is 5.32 Å². The van der Waals surface area contributed by atoms with E-state index in [2.05, 4.69) is 10.3 Å². The molecule has 3 rings (SSSR count). The average molecular weight is 274 g/mol. The zero-order valence-corrected chi connectivity index (χ0v) is 10.8. The van der Waals surface area contributed by atoms with Crippen molar-refractivity contribution < 1.29 is 14.7 Å². The highest BCUT2D eigenvalue weighted by atomic mass is 32.2. The Morgan fingerprint density at radius 2 is 2.11 bits per heavy atom. The third kappa shape index (κ3) is 1.84. The molecule has 1 aromatic rings. The molecule has 0 radical (unpaired) electrons. The molecule has 1 heterocycles. The second-order valence-corrected chi connectivity index (χ2v) is 5.31. The number of aliphatic carboxylic acids is 1. The second-order valence-electron chi connectivity index (χ2n) is 4.27. The molecule has 5 nitrogen and oxygen atoms in total. The van der Waals surface area contributed by atoms with Crippen LogP contribution in [0.4, 0.5) is 0 Å². The first-order chi connectivity index (χ1) is 9.08. The maximum atomic E-state index is 11.1. The summed E-state index contributed by atoms with van der Waals surface area (Å²) in [5.41, 5.74) is 3.40. The van der Waals surface area contributed by atoms with E-state index in [9.17, 15) is 9.59 Å². The summed E-state index contributed by atoms with van der Waals surface area (Å²) in [7, 11) is 0. The smallest absolute Gasteiger partial charge is 0.394 e. The molecule has 0 bridgehead atoms. The first kappa shape index (κ1) is 12.0. The van der Waals surface area contributed by atoms with Gasteiger partial charge in [0.15, 0.2) is 5.17 Å². The van der Waals surface area contributed by atoms with Crippen LogP contribution >= 0.6 is 11.8 Å². The lowest BCUT2D eigenvalue weighted by atomic mass is 10.1. The number of fused-ring (bicyclic) bond motifs is 3. The quantitative estimate of drug-likeness (QED) is 0.707. The lowest BCUT2D eigenvalue weighted by Crippen LogP contribution is -2.33. The van der Waals surface area contributed by atoms with Crippen molar-refractivity contribution in [3.05, 3.63) is 40.3 Å². The molecule has 1 amide bonds. The Balaban J connectivity index is 1.91. The number of rotatable bonds is 0. The highest BCUT2D eigenvalue weighted by Gasteiger charge is 2.35. The van der Waals surface area contributed by atoms with E-state index in [1.165, 1.54) is 17.3 Å². The van der Waals surface area contributed by atoms with Crippen LogP contribution in [0.25, 0.3) is 5.57 Å². The van der Waals surface area contributed by atoms with Gasteiger partial charge in [0.1, 0.15) is 6.04 Å². The molecular formula is C13H10N2O3S. The topological polar surface area (TPSA) is 78.8 Å². The van der Waals surface area contributed by atoms with Crippen LogP contribution < -0.4 is 5.32 Å². The number of amidine groups is 1. The number of carbonyl (C=O) groups is 2. The number of allylic oxidation sites excluding steroid dienone is 1. The molecule has 6 heteroatoms. The number of hydrogen-bond donors (Lipinski definition) is 2. The summed E-state index contributed by atoms with van der Waals surface area (Å²) in [4.78, 5) is 27.1. The van der Waals surface area contributed by atoms with E-state index in [0.717, 1.165) is 16.0 Å². The fourth-order valence-electron chi connectivity index (χ4n) is 2.27. The van der Waals surface area contributed by atoms with Crippen LogP contribution in [0.5, 0.6) is 0 Å². The highest BCUT2D eigenvalue weighted by Crippen LogP contribution is 2.51. The number of nitrogens with zero attached hydrogens (tertiary/aromatic N) is 1. The molecule has 1 aliphatic heterocycles. The van der Waals surface area contributed by atoms with Gasteiger partial charge in [0.25, 0.3) is 0 Å². The van der Waals surface area contributed by atoms with Crippen LogP contribution in [-0.2, 0) is 9.59 Å². The Hall–Kier alpha value is -2.08. The van der Waals surface area contributed by atoms with Crippen LogP contribution in [0, 0.1) is 0 Å². The molecule has 0 spiro atoms. The Kier molecular flexibility index (Phi) is 2.67. The Morgan fingerprint density at radius 3 is 2.84 bits per heavy atom. The highest BCUT2D eigenvalue weighted by molar-refractivity contribution is 8.17. The lowest BCUT2D eigenvalue weighted by molar-refractivity contribution is -0.149. The minimum Gasteiger partial charge on any atom is -0.474 e. The van der Waals surface area contributed by atoms with E-state index in [4.69, 9.17) is 5.11 Å². The van der Waals surface area contributed by atoms with E-state index in [1.54, 1.807) is 0 Å². The number of carboxylic acid groups (broad SMARTS) is 1. The van der Waals surface area contributed by atoms with Gasteiger partial charge in [-0.3, -0.25) is 10.1 Å². The van der Waals surface area contributed by atoms with Crippen LogP contribution in [-0.4, -0.2) is 22.2 Å². The molecule has 96 valence electrons. The summed E-state index contributed by atoms with van der Waals surface area (Å²) in [6.07, 6.45) is 0. The molecule has 0 saturated carbocycles. The van der Waals surface area contributed by atoms with Crippen molar-refractivity contribution in [2.45, 2.75) is 13.0 Å². The minimum atomic E-state index is -1.51. The monoisotopic (exact) mass is 274 g/mol. The molecule has 0 saturated heterocycles. The number of amides is 1.